The van der Waals surface area contributed by atoms with Gasteiger partial charge in [-0.05, 0) is 26.0 Å². The van der Waals surface area contributed by atoms with Crippen LogP contribution in [0.5, 0.6) is 10.9 Å². The maximum absolute atomic E-state index is 12.0. The van der Waals surface area contributed by atoms with Crippen LogP contribution in [0.2, 0.25) is 0 Å². The Labute approximate surface area is 127 Å². The normalized spacial score (nSPS) is 10.2. The van der Waals surface area contributed by atoms with Crippen LogP contribution in [-0.4, -0.2) is 31.3 Å². The van der Waals surface area contributed by atoms with Gasteiger partial charge < -0.3 is 14.2 Å². The second-order valence-corrected chi connectivity index (χ2v) is 5.00. The van der Waals surface area contributed by atoms with Crippen molar-refractivity contribution in [1.82, 2.24) is 4.98 Å². The third-order valence-electron chi connectivity index (χ3n) is 2.66. The summed E-state index contributed by atoms with van der Waals surface area (Å²) < 4.78 is 15.7. The van der Waals surface area contributed by atoms with Crippen molar-refractivity contribution in [1.29, 1.82) is 0 Å². The zero-order chi connectivity index (χ0) is 15.2. The zero-order valence-corrected chi connectivity index (χ0v) is 13.0. The summed E-state index contributed by atoms with van der Waals surface area (Å²) in [5.74, 6) is 0.340. The lowest BCUT2D eigenvalue weighted by Gasteiger charge is -2.06. The van der Waals surface area contributed by atoms with E-state index in [-0.39, 0.29) is 0 Å². The van der Waals surface area contributed by atoms with E-state index in [1.807, 2.05) is 31.2 Å². The first-order chi connectivity index (χ1) is 10.2. The zero-order valence-electron chi connectivity index (χ0n) is 12.2. The Kier molecular flexibility index (Phi) is 5.16. The predicted molar refractivity (Wildman–Crippen MR) is 81.2 cm³/mol. The van der Waals surface area contributed by atoms with E-state index < -0.39 is 5.97 Å². The molecule has 0 saturated heterocycles. The molecule has 0 aliphatic heterocycles. The fraction of sp³-hybridized carbons (Fsp3) is 0.333. The number of rotatable bonds is 6. The minimum atomic E-state index is -0.393. The monoisotopic (exact) mass is 307 g/mol. The molecule has 21 heavy (non-hydrogen) atoms. The van der Waals surface area contributed by atoms with Crippen molar-refractivity contribution in [2.45, 2.75) is 13.8 Å². The molecule has 0 atom stereocenters. The maximum atomic E-state index is 12.0. The third kappa shape index (κ3) is 3.52. The molecular weight excluding hydrogens is 290 g/mol. The fourth-order valence-corrected chi connectivity index (χ4v) is 2.62. The minimum absolute atomic E-state index is 0.317. The first kappa shape index (κ1) is 15.3. The Morgan fingerprint density at radius 2 is 2.10 bits per heavy atom. The first-order valence-electron chi connectivity index (χ1n) is 6.64. The number of esters is 1. The average Bonchev–Trinajstić information content (AvgIpc) is 2.92. The third-order valence-corrected chi connectivity index (χ3v) is 3.66. The average molecular weight is 307 g/mol. The number of carbonyl (C=O) groups excluding carboxylic acids is 1. The van der Waals surface area contributed by atoms with Gasteiger partial charge in [-0.15, -0.1) is 0 Å². The summed E-state index contributed by atoms with van der Waals surface area (Å²) in [6, 6.07) is 7.45. The Morgan fingerprint density at radius 3 is 2.76 bits per heavy atom. The summed E-state index contributed by atoms with van der Waals surface area (Å²) in [5.41, 5.74) is 1.35. The molecular formula is C15H17NO4S. The number of nitrogens with zero attached hydrogens (tertiary/aromatic N) is 1. The van der Waals surface area contributed by atoms with E-state index in [0.717, 1.165) is 11.3 Å². The number of aromatic nitrogens is 1. The largest absolute Gasteiger partial charge is 0.494 e. The molecule has 0 radical (unpaired) electrons. The molecule has 6 heteroatoms. The van der Waals surface area contributed by atoms with Gasteiger partial charge in [0.15, 0.2) is 0 Å². The molecule has 0 unspecified atom stereocenters. The van der Waals surface area contributed by atoms with Gasteiger partial charge in [-0.1, -0.05) is 23.5 Å². The van der Waals surface area contributed by atoms with Crippen molar-refractivity contribution in [3.63, 3.8) is 0 Å². The number of hydrogen-bond donors (Lipinski definition) is 0. The Balaban J connectivity index is 2.44. The van der Waals surface area contributed by atoms with E-state index in [4.69, 9.17) is 14.2 Å². The van der Waals surface area contributed by atoms with Gasteiger partial charge in [0.05, 0.1) is 20.3 Å². The molecule has 0 saturated carbocycles. The highest BCUT2D eigenvalue weighted by molar-refractivity contribution is 7.15. The van der Waals surface area contributed by atoms with E-state index >= 15 is 0 Å². The molecule has 0 N–H and O–H groups in total. The summed E-state index contributed by atoms with van der Waals surface area (Å²) in [5, 5.41) is 0.426. The lowest BCUT2D eigenvalue weighted by molar-refractivity contribution is 0.0532. The van der Waals surface area contributed by atoms with Crippen LogP contribution >= 0.6 is 11.3 Å². The van der Waals surface area contributed by atoms with Gasteiger partial charge in [0, 0.05) is 5.56 Å². The topological polar surface area (TPSA) is 57.7 Å². The van der Waals surface area contributed by atoms with Crippen molar-refractivity contribution in [2.24, 2.45) is 0 Å². The number of methoxy groups -OCH3 is 1. The van der Waals surface area contributed by atoms with Gasteiger partial charge in [0.25, 0.3) is 5.19 Å². The molecule has 112 valence electrons. The van der Waals surface area contributed by atoms with Crippen molar-refractivity contribution in [2.75, 3.05) is 20.3 Å². The SMILES string of the molecule is CCOC(=O)c1sc(OC)nc1-c1cccc(OCC)c1. The van der Waals surface area contributed by atoms with Crippen molar-refractivity contribution in [3.8, 4) is 22.2 Å². The number of ether oxygens (including phenoxy) is 3. The van der Waals surface area contributed by atoms with Crippen LogP contribution in [0.1, 0.15) is 23.5 Å². The summed E-state index contributed by atoms with van der Waals surface area (Å²) in [6.45, 7) is 4.58. The van der Waals surface area contributed by atoms with Crippen LogP contribution in [0, 0.1) is 0 Å². The smallest absolute Gasteiger partial charge is 0.350 e. The molecule has 2 aromatic rings. The van der Waals surface area contributed by atoms with Crippen LogP contribution in [0.4, 0.5) is 0 Å². The highest BCUT2D eigenvalue weighted by Gasteiger charge is 2.21. The van der Waals surface area contributed by atoms with Crippen LogP contribution in [0.25, 0.3) is 11.3 Å². The van der Waals surface area contributed by atoms with Crippen LogP contribution in [0.3, 0.4) is 0 Å². The molecule has 0 amide bonds. The molecule has 1 aromatic heterocycles. The fourth-order valence-electron chi connectivity index (χ4n) is 1.82. The van der Waals surface area contributed by atoms with Crippen molar-refractivity contribution < 1.29 is 19.0 Å². The number of thiazole rings is 1. The lowest BCUT2D eigenvalue weighted by Crippen LogP contribution is -2.04. The Morgan fingerprint density at radius 1 is 1.29 bits per heavy atom. The van der Waals surface area contributed by atoms with Gasteiger partial charge >= 0.3 is 5.97 Å². The van der Waals surface area contributed by atoms with Gasteiger partial charge in [-0.2, -0.15) is 0 Å². The molecule has 1 aromatic carbocycles. The molecule has 0 spiro atoms. The molecule has 2 rings (SSSR count). The van der Waals surface area contributed by atoms with Crippen molar-refractivity contribution >= 4 is 17.3 Å². The summed E-state index contributed by atoms with van der Waals surface area (Å²) >= 11 is 1.17. The van der Waals surface area contributed by atoms with Gasteiger partial charge in [-0.25, -0.2) is 9.78 Å². The van der Waals surface area contributed by atoms with E-state index in [1.54, 1.807) is 6.92 Å². The number of carbonyl (C=O) groups is 1. The van der Waals surface area contributed by atoms with E-state index in [0.29, 0.717) is 29.0 Å². The van der Waals surface area contributed by atoms with Crippen LogP contribution in [0.15, 0.2) is 24.3 Å². The van der Waals surface area contributed by atoms with Crippen LogP contribution in [-0.2, 0) is 4.74 Å². The van der Waals surface area contributed by atoms with Gasteiger partial charge in [0.1, 0.15) is 16.3 Å². The standard InChI is InChI=1S/C15H17NO4S/c1-4-19-11-8-6-7-10(9-11)12-13(14(17)20-5-2)21-15(16-12)18-3/h6-9H,4-5H2,1-3H3. The van der Waals surface area contributed by atoms with E-state index in [9.17, 15) is 4.79 Å². The summed E-state index contributed by atoms with van der Waals surface area (Å²) in [4.78, 5) is 16.8. The van der Waals surface area contributed by atoms with E-state index in [1.165, 1.54) is 18.4 Å². The minimum Gasteiger partial charge on any atom is -0.494 e. The quantitative estimate of drug-likeness (QED) is 0.766. The molecule has 0 fully saturated rings. The lowest BCUT2D eigenvalue weighted by atomic mass is 10.1. The highest BCUT2D eigenvalue weighted by atomic mass is 32.1. The maximum Gasteiger partial charge on any atom is 0.350 e. The predicted octanol–water partition coefficient (Wildman–Crippen LogP) is 3.39. The summed E-state index contributed by atoms with van der Waals surface area (Å²) in [7, 11) is 1.52. The second-order valence-electron chi connectivity index (χ2n) is 4.04. The number of hydrogen-bond acceptors (Lipinski definition) is 6. The highest BCUT2D eigenvalue weighted by Crippen LogP contribution is 2.34. The Bertz CT molecular complexity index is 624. The molecule has 0 bridgehead atoms. The molecule has 0 aliphatic carbocycles. The van der Waals surface area contributed by atoms with Gasteiger partial charge in [-0.3, -0.25) is 0 Å². The Hall–Kier alpha value is -2.08. The first-order valence-corrected chi connectivity index (χ1v) is 7.46. The molecule has 5 nitrogen and oxygen atoms in total. The number of benzene rings is 1. The van der Waals surface area contributed by atoms with E-state index in [2.05, 4.69) is 4.98 Å². The summed E-state index contributed by atoms with van der Waals surface area (Å²) in [6.07, 6.45) is 0. The van der Waals surface area contributed by atoms with Gasteiger partial charge in [0.2, 0.25) is 0 Å². The van der Waals surface area contributed by atoms with Crippen molar-refractivity contribution in [3.05, 3.63) is 29.1 Å². The molecule has 0 aliphatic rings. The van der Waals surface area contributed by atoms with Crippen LogP contribution < -0.4 is 9.47 Å². The molecule has 1 heterocycles. The second kappa shape index (κ2) is 7.08.